The number of halogens is 1. The maximum atomic E-state index is 12.3. The summed E-state index contributed by atoms with van der Waals surface area (Å²) in [6, 6.07) is 3.85. The van der Waals surface area contributed by atoms with Crippen molar-refractivity contribution >= 4 is 17.4 Å². The zero-order valence-electron chi connectivity index (χ0n) is 12.0. The average molecular weight is 279 g/mol. The Hall–Kier alpha value is -0.820. The van der Waals surface area contributed by atoms with Crippen LogP contribution in [-0.4, -0.2) is 5.78 Å². The van der Waals surface area contributed by atoms with E-state index in [1.165, 1.54) is 32.1 Å². The molecule has 0 atom stereocenters. The van der Waals surface area contributed by atoms with Crippen molar-refractivity contribution in [3.8, 4) is 0 Å². The van der Waals surface area contributed by atoms with Gasteiger partial charge in [-0.3, -0.25) is 4.79 Å². The first-order chi connectivity index (χ1) is 9.08. The van der Waals surface area contributed by atoms with E-state index in [1.807, 2.05) is 26.0 Å². The van der Waals surface area contributed by atoms with E-state index in [0.717, 1.165) is 34.1 Å². The highest BCUT2D eigenvalue weighted by Gasteiger charge is 2.17. The third-order valence-electron chi connectivity index (χ3n) is 4.31. The van der Waals surface area contributed by atoms with Gasteiger partial charge in [0.1, 0.15) is 0 Å². The first-order valence-electron chi connectivity index (χ1n) is 7.38. The van der Waals surface area contributed by atoms with Crippen LogP contribution in [0, 0.1) is 19.8 Å². The van der Waals surface area contributed by atoms with Crippen LogP contribution in [0.4, 0.5) is 0 Å². The van der Waals surface area contributed by atoms with Gasteiger partial charge in [-0.2, -0.15) is 0 Å². The van der Waals surface area contributed by atoms with E-state index in [-0.39, 0.29) is 5.78 Å². The van der Waals surface area contributed by atoms with Gasteiger partial charge in [-0.15, -0.1) is 0 Å². The summed E-state index contributed by atoms with van der Waals surface area (Å²) in [6.45, 7) is 3.93. The molecule has 0 N–H and O–H groups in total. The van der Waals surface area contributed by atoms with Crippen LogP contribution in [0.3, 0.4) is 0 Å². The lowest BCUT2D eigenvalue weighted by atomic mass is 9.85. The Morgan fingerprint density at radius 3 is 2.53 bits per heavy atom. The Morgan fingerprint density at radius 2 is 1.84 bits per heavy atom. The topological polar surface area (TPSA) is 17.1 Å². The molecule has 1 aliphatic rings. The van der Waals surface area contributed by atoms with E-state index in [4.69, 9.17) is 11.6 Å². The molecule has 0 heterocycles. The van der Waals surface area contributed by atoms with E-state index in [1.54, 1.807) is 0 Å². The van der Waals surface area contributed by atoms with Crippen LogP contribution in [0.25, 0.3) is 0 Å². The van der Waals surface area contributed by atoms with Crippen LogP contribution >= 0.6 is 11.6 Å². The molecule has 0 bridgehead atoms. The third kappa shape index (κ3) is 3.82. The maximum Gasteiger partial charge on any atom is 0.163 e. The zero-order chi connectivity index (χ0) is 13.8. The van der Waals surface area contributed by atoms with Crippen molar-refractivity contribution < 1.29 is 4.79 Å². The molecule has 0 saturated heterocycles. The van der Waals surface area contributed by atoms with Crippen LogP contribution < -0.4 is 0 Å². The first kappa shape index (κ1) is 14.6. The minimum absolute atomic E-state index is 0.280. The maximum absolute atomic E-state index is 12.3. The second-order valence-electron chi connectivity index (χ2n) is 5.88. The number of carbonyl (C=O) groups is 1. The Balaban J connectivity index is 1.97. The standard InChI is InChI=1S/C17H23ClO/c1-12-11-16(18)13(2)10-15(12)17(19)9-8-14-6-4-3-5-7-14/h10-11,14H,3-9H2,1-2H3. The molecule has 2 rings (SSSR count). The summed E-state index contributed by atoms with van der Waals surface area (Å²) in [6.07, 6.45) is 8.43. The summed E-state index contributed by atoms with van der Waals surface area (Å²) in [5.41, 5.74) is 2.86. The highest BCUT2D eigenvalue weighted by molar-refractivity contribution is 6.31. The Labute approximate surface area is 121 Å². The minimum Gasteiger partial charge on any atom is -0.294 e. The van der Waals surface area contributed by atoms with Crippen LogP contribution in [-0.2, 0) is 0 Å². The van der Waals surface area contributed by atoms with Crippen molar-refractivity contribution in [2.45, 2.75) is 58.8 Å². The number of rotatable bonds is 4. The molecular weight excluding hydrogens is 256 g/mol. The molecular formula is C17H23ClO. The molecule has 104 valence electrons. The van der Waals surface area contributed by atoms with Gasteiger partial charge in [0.2, 0.25) is 0 Å². The highest BCUT2D eigenvalue weighted by Crippen LogP contribution is 2.28. The number of aryl methyl sites for hydroxylation is 2. The largest absolute Gasteiger partial charge is 0.294 e. The second kappa shape index (κ2) is 6.56. The SMILES string of the molecule is Cc1cc(C(=O)CCC2CCCCC2)c(C)cc1Cl. The van der Waals surface area contributed by atoms with Gasteiger partial charge in [0.25, 0.3) is 0 Å². The van der Waals surface area contributed by atoms with Gasteiger partial charge in [0.05, 0.1) is 0 Å². The predicted octanol–water partition coefficient (Wildman–Crippen LogP) is 5.50. The Morgan fingerprint density at radius 1 is 1.16 bits per heavy atom. The summed E-state index contributed by atoms with van der Waals surface area (Å²) in [7, 11) is 0. The fourth-order valence-corrected chi connectivity index (χ4v) is 3.25. The molecule has 0 amide bonds. The number of ketones is 1. The summed E-state index contributed by atoms with van der Waals surface area (Å²) >= 11 is 6.08. The lowest BCUT2D eigenvalue weighted by Crippen LogP contribution is -2.10. The molecule has 19 heavy (non-hydrogen) atoms. The zero-order valence-corrected chi connectivity index (χ0v) is 12.7. The number of benzene rings is 1. The van der Waals surface area contributed by atoms with Crippen molar-refractivity contribution in [2.75, 3.05) is 0 Å². The number of Topliss-reactive ketones (excluding diaryl/α,β-unsaturated/α-hetero) is 1. The quantitative estimate of drug-likeness (QED) is 0.665. The van der Waals surface area contributed by atoms with Gasteiger partial charge in [-0.1, -0.05) is 43.7 Å². The normalized spacial score (nSPS) is 16.6. The number of carbonyl (C=O) groups excluding carboxylic acids is 1. The number of hydrogen-bond acceptors (Lipinski definition) is 1. The molecule has 1 saturated carbocycles. The number of hydrogen-bond donors (Lipinski definition) is 0. The predicted molar refractivity (Wildman–Crippen MR) is 81.1 cm³/mol. The van der Waals surface area contributed by atoms with E-state index in [9.17, 15) is 4.79 Å². The van der Waals surface area contributed by atoms with Gasteiger partial charge in [-0.05, 0) is 49.4 Å². The van der Waals surface area contributed by atoms with Crippen LogP contribution in [0.2, 0.25) is 5.02 Å². The molecule has 1 aromatic carbocycles. The molecule has 1 fully saturated rings. The van der Waals surface area contributed by atoms with Gasteiger partial charge in [0.15, 0.2) is 5.78 Å². The van der Waals surface area contributed by atoms with E-state index >= 15 is 0 Å². The lowest BCUT2D eigenvalue weighted by Gasteiger charge is -2.21. The minimum atomic E-state index is 0.280. The van der Waals surface area contributed by atoms with Gasteiger partial charge in [-0.25, -0.2) is 0 Å². The van der Waals surface area contributed by atoms with Gasteiger partial charge in [0, 0.05) is 17.0 Å². The highest BCUT2D eigenvalue weighted by atomic mass is 35.5. The molecule has 0 spiro atoms. The molecule has 1 aromatic rings. The monoisotopic (exact) mass is 278 g/mol. The van der Waals surface area contributed by atoms with Crippen molar-refractivity contribution in [3.05, 3.63) is 33.8 Å². The summed E-state index contributed by atoms with van der Waals surface area (Å²) in [5.74, 6) is 1.05. The molecule has 2 heteroatoms. The molecule has 0 unspecified atom stereocenters. The Kier molecular flexibility index (Phi) is 5.04. The third-order valence-corrected chi connectivity index (χ3v) is 4.72. The van der Waals surface area contributed by atoms with Crippen LogP contribution in [0.15, 0.2) is 12.1 Å². The Bertz CT molecular complexity index is 459. The fraction of sp³-hybridized carbons (Fsp3) is 0.588. The van der Waals surface area contributed by atoms with Gasteiger partial charge < -0.3 is 0 Å². The van der Waals surface area contributed by atoms with E-state index < -0.39 is 0 Å². The average Bonchev–Trinajstić information content (AvgIpc) is 2.41. The first-order valence-corrected chi connectivity index (χ1v) is 7.75. The molecule has 1 nitrogen and oxygen atoms in total. The molecule has 0 aliphatic heterocycles. The van der Waals surface area contributed by atoms with Crippen LogP contribution in [0.1, 0.15) is 66.4 Å². The smallest absolute Gasteiger partial charge is 0.163 e. The molecule has 1 aliphatic carbocycles. The molecule has 0 radical (unpaired) electrons. The van der Waals surface area contributed by atoms with Crippen molar-refractivity contribution in [2.24, 2.45) is 5.92 Å². The second-order valence-corrected chi connectivity index (χ2v) is 6.29. The summed E-state index contributed by atoms with van der Waals surface area (Å²) < 4.78 is 0. The lowest BCUT2D eigenvalue weighted by molar-refractivity contribution is 0.0969. The van der Waals surface area contributed by atoms with Crippen molar-refractivity contribution in [1.29, 1.82) is 0 Å². The van der Waals surface area contributed by atoms with E-state index in [2.05, 4.69) is 0 Å². The van der Waals surface area contributed by atoms with E-state index in [0.29, 0.717) is 6.42 Å². The van der Waals surface area contributed by atoms with Crippen molar-refractivity contribution in [3.63, 3.8) is 0 Å². The molecule has 0 aromatic heterocycles. The van der Waals surface area contributed by atoms with Crippen LogP contribution in [0.5, 0.6) is 0 Å². The fourth-order valence-electron chi connectivity index (χ4n) is 3.03. The van der Waals surface area contributed by atoms with Gasteiger partial charge >= 0.3 is 0 Å². The van der Waals surface area contributed by atoms with Crippen molar-refractivity contribution in [1.82, 2.24) is 0 Å². The summed E-state index contributed by atoms with van der Waals surface area (Å²) in [4.78, 5) is 12.3. The summed E-state index contributed by atoms with van der Waals surface area (Å²) in [5, 5.41) is 0.751.